The molecule has 0 atom stereocenters. The molecule has 0 aliphatic carbocycles. The average Bonchev–Trinajstić information content (AvgIpc) is 2.69. The Morgan fingerprint density at radius 1 is 1.15 bits per heavy atom. The van der Waals surface area contributed by atoms with E-state index in [2.05, 4.69) is 76.8 Å². The van der Waals surface area contributed by atoms with Gasteiger partial charge in [0.25, 0.3) is 0 Å². The van der Waals surface area contributed by atoms with E-state index >= 15 is 0 Å². The highest BCUT2D eigenvalue weighted by Crippen LogP contribution is 2.34. The quantitative estimate of drug-likeness (QED) is 0.623. The Kier molecular flexibility index (Phi) is 3.64. The lowest BCUT2D eigenvalue weighted by Crippen LogP contribution is -1.97. The minimum Gasteiger partial charge on any atom is -0.339 e. The lowest BCUT2D eigenvalue weighted by atomic mass is 10.2. The fourth-order valence-corrected chi connectivity index (χ4v) is 3.82. The number of aryl methyl sites for hydroxylation is 3. The zero-order valence-corrected chi connectivity index (χ0v) is 14.5. The molecule has 0 aliphatic rings. The maximum Gasteiger partial charge on any atom is 0.142 e. The average molecular weight is 395 g/mol. The number of hydrogen-bond donors (Lipinski definition) is 1. The molecule has 0 aliphatic heterocycles. The van der Waals surface area contributed by atoms with Gasteiger partial charge in [0, 0.05) is 14.1 Å². The lowest BCUT2D eigenvalue weighted by molar-refractivity contribution is 1.22. The van der Waals surface area contributed by atoms with Crippen molar-refractivity contribution in [1.82, 2.24) is 9.97 Å². The van der Waals surface area contributed by atoms with Gasteiger partial charge in [0.2, 0.25) is 0 Å². The molecule has 0 saturated carbocycles. The molecule has 0 saturated heterocycles. The second kappa shape index (κ2) is 5.29. The Hall–Kier alpha value is -1.21. The fraction of sp³-hybridized carbons (Fsp3) is 0.200. The molecule has 2 heterocycles. The van der Waals surface area contributed by atoms with Crippen molar-refractivity contribution in [3.63, 3.8) is 0 Å². The monoisotopic (exact) mass is 395 g/mol. The van der Waals surface area contributed by atoms with E-state index in [1.165, 1.54) is 19.6 Å². The van der Waals surface area contributed by atoms with Gasteiger partial charge in [0.1, 0.15) is 17.0 Å². The van der Waals surface area contributed by atoms with E-state index in [9.17, 15) is 0 Å². The number of anilines is 2. The maximum atomic E-state index is 4.42. The zero-order chi connectivity index (χ0) is 14.3. The Morgan fingerprint density at radius 2 is 1.95 bits per heavy atom. The Morgan fingerprint density at radius 3 is 2.70 bits per heavy atom. The fourth-order valence-electron chi connectivity index (χ4n) is 2.17. The van der Waals surface area contributed by atoms with Gasteiger partial charge < -0.3 is 5.32 Å². The van der Waals surface area contributed by atoms with Crippen molar-refractivity contribution in [2.75, 3.05) is 5.32 Å². The third-order valence-electron chi connectivity index (χ3n) is 3.41. The van der Waals surface area contributed by atoms with E-state index in [0.717, 1.165) is 21.7 Å². The molecule has 20 heavy (non-hydrogen) atoms. The second-order valence-corrected chi connectivity index (χ2v) is 7.22. The summed E-state index contributed by atoms with van der Waals surface area (Å²) in [5.41, 5.74) is 3.57. The predicted molar refractivity (Wildman–Crippen MR) is 94.1 cm³/mol. The number of halogens is 1. The summed E-state index contributed by atoms with van der Waals surface area (Å²) in [6.45, 7) is 6.36. The van der Waals surface area contributed by atoms with Crippen LogP contribution in [0.25, 0.3) is 10.2 Å². The highest BCUT2D eigenvalue weighted by Gasteiger charge is 2.12. The van der Waals surface area contributed by atoms with E-state index in [0.29, 0.717) is 0 Å². The molecule has 3 nitrogen and oxygen atoms in total. The van der Waals surface area contributed by atoms with E-state index in [1.807, 2.05) is 0 Å². The molecule has 0 radical (unpaired) electrons. The molecule has 1 aromatic carbocycles. The van der Waals surface area contributed by atoms with Crippen LogP contribution in [0.2, 0.25) is 0 Å². The van der Waals surface area contributed by atoms with Crippen LogP contribution in [-0.4, -0.2) is 9.97 Å². The third kappa shape index (κ3) is 2.40. The van der Waals surface area contributed by atoms with Crippen LogP contribution in [0.15, 0.2) is 24.5 Å². The number of aromatic nitrogens is 2. The molecule has 0 bridgehead atoms. The third-order valence-corrected chi connectivity index (χ3v) is 5.19. The van der Waals surface area contributed by atoms with Crippen molar-refractivity contribution in [3.8, 4) is 0 Å². The molecule has 0 spiro atoms. The van der Waals surface area contributed by atoms with Gasteiger partial charge in [-0.25, -0.2) is 9.97 Å². The minimum absolute atomic E-state index is 0.890. The largest absolute Gasteiger partial charge is 0.339 e. The van der Waals surface area contributed by atoms with Crippen LogP contribution in [0, 0.1) is 24.3 Å². The van der Waals surface area contributed by atoms with Crippen LogP contribution in [-0.2, 0) is 0 Å². The molecule has 2 aromatic heterocycles. The van der Waals surface area contributed by atoms with Crippen molar-refractivity contribution in [2.45, 2.75) is 20.8 Å². The van der Waals surface area contributed by atoms with Crippen LogP contribution in [0.5, 0.6) is 0 Å². The standard InChI is InChI=1S/C15H14IN3S/c1-8-6-11(16)4-5-12(8)19-14-13-9(2)10(3)20-15(13)18-7-17-14/h4-7H,1-3H3,(H,17,18,19). The van der Waals surface area contributed by atoms with Gasteiger partial charge >= 0.3 is 0 Å². The van der Waals surface area contributed by atoms with Gasteiger partial charge in [-0.05, 0) is 72.7 Å². The second-order valence-electron chi connectivity index (χ2n) is 4.77. The van der Waals surface area contributed by atoms with E-state index < -0.39 is 0 Å². The summed E-state index contributed by atoms with van der Waals surface area (Å²) in [7, 11) is 0. The molecule has 102 valence electrons. The van der Waals surface area contributed by atoms with Crippen LogP contribution < -0.4 is 5.32 Å². The number of benzene rings is 1. The van der Waals surface area contributed by atoms with E-state index in [1.54, 1.807) is 17.7 Å². The topological polar surface area (TPSA) is 37.8 Å². The summed E-state index contributed by atoms with van der Waals surface area (Å²) in [5.74, 6) is 0.890. The summed E-state index contributed by atoms with van der Waals surface area (Å²) in [6.07, 6.45) is 1.63. The van der Waals surface area contributed by atoms with Crippen molar-refractivity contribution in [3.05, 3.63) is 44.1 Å². The number of nitrogens with zero attached hydrogens (tertiary/aromatic N) is 2. The summed E-state index contributed by atoms with van der Waals surface area (Å²) in [5, 5.41) is 4.58. The number of nitrogens with one attached hydrogen (secondary N) is 1. The normalized spacial score (nSPS) is 11.0. The molecule has 0 unspecified atom stereocenters. The van der Waals surface area contributed by atoms with Gasteiger partial charge in [0.05, 0.1) is 5.39 Å². The van der Waals surface area contributed by atoms with Gasteiger partial charge in [-0.3, -0.25) is 0 Å². The molecule has 3 rings (SSSR count). The number of thiophene rings is 1. The number of fused-ring (bicyclic) bond motifs is 1. The van der Waals surface area contributed by atoms with Gasteiger partial charge in [-0.15, -0.1) is 11.3 Å². The Labute approximate surface area is 135 Å². The first-order chi connectivity index (χ1) is 9.56. The lowest BCUT2D eigenvalue weighted by Gasteiger charge is -2.10. The first-order valence-electron chi connectivity index (χ1n) is 6.30. The highest BCUT2D eigenvalue weighted by atomic mass is 127. The molecule has 5 heteroatoms. The Bertz CT molecular complexity index is 795. The molecule has 0 amide bonds. The summed E-state index contributed by atoms with van der Waals surface area (Å²) >= 11 is 4.04. The molecular weight excluding hydrogens is 381 g/mol. The van der Waals surface area contributed by atoms with Crippen LogP contribution in [0.4, 0.5) is 11.5 Å². The first kappa shape index (κ1) is 13.8. The molecular formula is C15H14IN3S. The predicted octanol–water partition coefficient (Wildman–Crippen LogP) is 4.96. The van der Waals surface area contributed by atoms with Crippen LogP contribution in [0.1, 0.15) is 16.0 Å². The SMILES string of the molecule is Cc1cc(I)ccc1Nc1ncnc2sc(C)c(C)c12. The van der Waals surface area contributed by atoms with Gasteiger partial charge in [-0.2, -0.15) is 0 Å². The highest BCUT2D eigenvalue weighted by molar-refractivity contribution is 14.1. The summed E-state index contributed by atoms with van der Waals surface area (Å²) in [4.78, 5) is 11.1. The smallest absolute Gasteiger partial charge is 0.142 e. The number of hydrogen-bond acceptors (Lipinski definition) is 4. The van der Waals surface area contributed by atoms with Crippen molar-refractivity contribution in [2.24, 2.45) is 0 Å². The molecule has 0 fully saturated rings. The van der Waals surface area contributed by atoms with Crippen molar-refractivity contribution >= 4 is 55.6 Å². The summed E-state index contributed by atoms with van der Waals surface area (Å²) in [6, 6.07) is 6.35. The van der Waals surface area contributed by atoms with Crippen molar-refractivity contribution < 1.29 is 0 Å². The molecule has 1 N–H and O–H groups in total. The van der Waals surface area contributed by atoms with Crippen LogP contribution in [0.3, 0.4) is 0 Å². The van der Waals surface area contributed by atoms with Gasteiger partial charge in [0.15, 0.2) is 0 Å². The summed E-state index contributed by atoms with van der Waals surface area (Å²) < 4.78 is 1.24. The van der Waals surface area contributed by atoms with Gasteiger partial charge in [-0.1, -0.05) is 0 Å². The maximum absolute atomic E-state index is 4.42. The van der Waals surface area contributed by atoms with Crippen molar-refractivity contribution in [1.29, 1.82) is 0 Å². The molecule has 3 aromatic rings. The van der Waals surface area contributed by atoms with Crippen LogP contribution >= 0.6 is 33.9 Å². The zero-order valence-electron chi connectivity index (χ0n) is 11.5. The van der Waals surface area contributed by atoms with E-state index in [4.69, 9.17) is 0 Å². The first-order valence-corrected chi connectivity index (χ1v) is 8.19. The minimum atomic E-state index is 0.890. The Balaban J connectivity index is 2.11. The van der Waals surface area contributed by atoms with E-state index in [-0.39, 0.29) is 0 Å². The number of rotatable bonds is 2.